The fourth-order valence-corrected chi connectivity index (χ4v) is 4.02. The Morgan fingerprint density at radius 3 is 2.65 bits per heavy atom. The summed E-state index contributed by atoms with van der Waals surface area (Å²) in [6.07, 6.45) is 2.50. The number of hydrogen-bond donors (Lipinski definition) is 3. The summed E-state index contributed by atoms with van der Waals surface area (Å²) >= 11 is 0. The van der Waals surface area contributed by atoms with Gasteiger partial charge in [0, 0.05) is 37.8 Å². The lowest BCUT2D eigenvalue weighted by Crippen LogP contribution is -2.49. The maximum atomic E-state index is 12.6. The Bertz CT molecular complexity index is 755. The molecule has 0 spiro atoms. The quantitative estimate of drug-likeness (QED) is 0.276. The number of hydrogen-bond acceptors (Lipinski definition) is 4. The summed E-state index contributed by atoms with van der Waals surface area (Å²) in [7, 11) is 0. The summed E-state index contributed by atoms with van der Waals surface area (Å²) < 4.78 is 0. The normalized spacial score (nSPS) is 19.5. The van der Waals surface area contributed by atoms with Gasteiger partial charge in [-0.15, -0.1) is 24.0 Å². The highest BCUT2D eigenvalue weighted by atomic mass is 127. The van der Waals surface area contributed by atoms with Crippen LogP contribution in [-0.4, -0.2) is 79.4 Å². The van der Waals surface area contributed by atoms with E-state index in [-0.39, 0.29) is 42.3 Å². The number of aliphatic imine (C=N–C) groups is 1. The second kappa shape index (κ2) is 12.8. The highest BCUT2D eigenvalue weighted by Gasteiger charge is 2.23. The van der Waals surface area contributed by atoms with Gasteiger partial charge in [0.2, 0.25) is 5.91 Å². The van der Waals surface area contributed by atoms with Gasteiger partial charge in [0.25, 0.3) is 5.91 Å². The topological polar surface area (TPSA) is 89.1 Å². The van der Waals surface area contributed by atoms with Crippen LogP contribution in [-0.2, 0) is 11.3 Å². The number of amides is 2. The van der Waals surface area contributed by atoms with E-state index in [1.807, 2.05) is 24.3 Å². The number of guanidine groups is 1. The minimum absolute atomic E-state index is 0. The molecule has 0 bridgehead atoms. The molecule has 0 saturated carbocycles. The number of nitrogens with zero attached hydrogens (tertiary/aromatic N) is 3. The van der Waals surface area contributed by atoms with Crippen LogP contribution in [0.3, 0.4) is 0 Å². The van der Waals surface area contributed by atoms with Crippen molar-refractivity contribution in [2.24, 2.45) is 4.99 Å². The van der Waals surface area contributed by atoms with Gasteiger partial charge in [0.1, 0.15) is 0 Å². The van der Waals surface area contributed by atoms with Crippen molar-refractivity contribution in [2.45, 2.75) is 39.3 Å². The Hall–Kier alpha value is -1.88. The van der Waals surface area contributed by atoms with Gasteiger partial charge in [-0.3, -0.25) is 14.5 Å². The van der Waals surface area contributed by atoms with Gasteiger partial charge in [-0.1, -0.05) is 19.1 Å². The van der Waals surface area contributed by atoms with Crippen LogP contribution in [0, 0.1) is 0 Å². The molecule has 2 saturated heterocycles. The number of carbonyl (C=O) groups excluding carboxylic acids is 2. The van der Waals surface area contributed by atoms with Gasteiger partial charge in [-0.05, 0) is 50.6 Å². The molecule has 2 amide bonds. The number of rotatable bonds is 7. The Labute approximate surface area is 202 Å². The average molecular weight is 542 g/mol. The number of halogens is 1. The first-order valence-corrected chi connectivity index (χ1v) is 11.0. The van der Waals surface area contributed by atoms with Crippen LogP contribution in [0.15, 0.2) is 29.3 Å². The van der Waals surface area contributed by atoms with Gasteiger partial charge in [0.15, 0.2) is 5.96 Å². The zero-order valence-electron chi connectivity index (χ0n) is 18.5. The van der Waals surface area contributed by atoms with E-state index >= 15 is 0 Å². The van der Waals surface area contributed by atoms with Crippen LogP contribution in [0.5, 0.6) is 0 Å². The van der Waals surface area contributed by atoms with Crippen LogP contribution in [0.4, 0.5) is 0 Å². The van der Waals surface area contributed by atoms with Crippen molar-refractivity contribution in [3.8, 4) is 0 Å². The summed E-state index contributed by atoms with van der Waals surface area (Å²) in [6.45, 7) is 9.98. The van der Waals surface area contributed by atoms with Crippen molar-refractivity contribution >= 4 is 41.8 Å². The van der Waals surface area contributed by atoms with E-state index in [0.717, 1.165) is 31.2 Å². The molecule has 8 nitrogen and oxygen atoms in total. The lowest BCUT2D eigenvalue weighted by Gasteiger charge is -2.26. The average Bonchev–Trinajstić information content (AvgIpc) is 3.23. The molecule has 3 N–H and O–H groups in total. The zero-order chi connectivity index (χ0) is 21.3. The van der Waals surface area contributed by atoms with E-state index in [0.29, 0.717) is 31.2 Å². The van der Waals surface area contributed by atoms with E-state index < -0.39 is 0 Å². The third-order valence-corrected chi connectivity index (χ3v) is 5.70. The predicted molar refractivity (Wildman–Crippen MR) is 134 cm³/mol. The molecule has 3 rings (SSSR count). The molecule has 2 aliphatic rings. The monoisotopic (exact) mass is 542 g/mol. The van der Waals surface area contributed by atoms with Crippen molar-refractivity contribution < 1.29 is 9.59 Å². The van der Waals surface area contributed by atoms with Crippen LogP contribution < -0.4 is 16.0 Å². The molecular weight excluding hydrogens is 507 g/mol. The summed E-state index contributed by atoms with van der Waals surface area (Å²) in [4.78, 5) is 32.9. The van der Waals surface area contributed by atoms with Crippen molar-refractivity contribution in [1.82, 2.24) is 25.8 Å². The minimum atomic E-state index is -0.108. The van der Waals surface area contributed by atoms with Crippen molar-refractivity contribution in [2.75, 3.05) is 45.8 Å². The highest BCUT2D eigenvalue weighted by molar-refractivity contribution is 14.0. The molecule has 0 aromatic heterocycles. The summed E-state index contributed by atoms with van der Waals surface area (Å²) in [6, 6.07) is 8.07. The summed E-state index contributed by atoms with van der Waals surface area (Å²) in [5, 5.41) is 9.52. The number of nitrogens with one attached hydrogen (secondary N) is 3. The standard InChI is InChI=1S/C22H34N6O2.HI/c1-3-23-22(26-15-19-6-5-12-27(19)4-2)25-14-17-7-9-18(10-8-17)21(30)28-13-11-24-20(29)16-28;/h7-10,19H,3-6,11-16H2,1-2H3,(H,24,29)(H2,23,25,26);1H. The number of carbonyl (C=O) groups is 2. The summed E-state index contributed by atoms with van der Waals surface area (Å²) in [5.74, 6) is 0.607. The van der Waals surface area contributed by atoms with Crippen LogP contribution >= 0.6 is 24.0 Å². The predicted octanol–water partition coefficient (Wildman–Crippen LogP) is 1.42. The zero-order valence-corrected chi connectivity index (χ0v) is 20.9. The van der Waals surface area contributed by atoms with E-state index in [1.165, 1.54) is 19.4 Å². The Morgan fingerprint density at radius 2 is 1.97 bits per heavy atom. The van der Waals surface area contributed by atoms with E-state index in [2.05, 4.69) is 34.7 Å². The van der Waals surface area contributed by atoms with Gasteiger partial charge in [-0.2, -0.15) is 0 Å². The van der Waals surface area contributed by atoms with Crippen LogP contribution in [0.2, 0.25) is 0 Å². The second-order valence-corrected chi connectivity index (χ2v) is 7.77. The Kier molecular flexibility index (Phi) is 10.5. The highest BCUT2D eigenvalue weighted by Crippen LogP contribution is 2.15. The van der Waals surface area contributed by atoms with Gasteiger partial charge >= 0.3 is 0 Å². The first kappa shape index (κ1) is 25.4. The number of likely N-dealkylation sites (N-methyl/N-ethyl adjacent to an activating group) is 1. The molecule has 0 radical (unpaired) electrons. The fraction of sp³-hybridized carbons (Fsp3) is 0.591. The van der Waals surface area contributed by atoms with Crippen molar-refractivity contribution in [1.29, 1.82) is 0 Å². The molecule has 1 atom stereocenters. The number of piperazine rings is 1. The Balaban J connectivity index is 0.00000341. The van der Waals surface area contributed by atoms with Crippen LogP contribution in [0.1, 0.15) is 42.6 Å². The lowest BCUT2D eigenvalue weighted by atomic mass is 10.1. The lowest BCUT2D eigenvalue weighted by molar-refractivity contribution is -0.123. The molecule has 1 unspecified atom stereocenters. The molecule has 1 aromatic rings. The molecular formula is C22H35IN6O2. The maximum absolute atomic E-state index is 12.6. The van der Waals surface area contributed by atoms with E-state index in [1.54, 1.807) is 4.90 Å². The van der Waals surface area contributed by atoms with Gasteiger partial charge in [-0.25, -0.2) is 4.99 Å². The first-order chi connectivity index (χ1) is 14.6. The fourth-order valence-electron chi connectivity index (χ4n) is 4.02. The molecule has 2 heterocycles. The number of likely N-dealkylation sites (tertiary alicyclic amines) is 1. The molecule has 31 heavy (non-hydrogen) atoms. The molecule has 2 fully saturated rings. The Morgan fingerprint density at radius 1 is 1.19 bits per heavy atom. The van der Waals surface area contributed by atoms with Crippen LogP contribution in [0.25, 0.3) is 0 Å². The van der Waals surface area contributed by atoms with Gasteiger partial charge in [0.05, 0.1) is 13.1 Å². The van der Waals surface area contributed by atoms with Gasteiger partial charge < -0.3 is 20.9 Å². The smallest absolute Gasteiger partial charge is 0.254 e. The van der Waals surface area contributed by atoms with Crippen molar-refractivity contribution in [3.63, 3.8) is 0 Å². The molecule has 2 aliphatic heterocycles. The van der Waals surface area contributed by atoms with Crippen molar-refractivity contribution in [3.05, 3.63) is 35.4 Å². The molecule has 172 valence electrons. The van der Waals surface area contributed by atoms with E-state index in [4.69, 9.17) is 4.99 Å². The summed E-state index contributed by atoms with van der Waals surface area (Å²) in [5.41, 5.74) is 1.64. The largest absolute Gasteiger partial charge is 0.357 e. The molecule has 0 aliphatic carbocycles. The first-order valence-electron chi connectivity index (χ1n) is 11.0. The third-order valence-electron chi connectivity index (χ3n) is 5.70. The SMILES string of the molecule is CCNC(=NCc1ccc(C(=O)N2CCNC(=O)C2)cc1)NCC1CCCN1CC.I. The molecule has 1 aromatic carbocycles. The number of benzene rings is 1. The third kappa shape index (κ3) is 7.34. The molecule has 9 heteroatoms. The maximum Gasteiger partial charge on any atom is 0.254 e. The van der Waals surface area contributed by atoms with E-state index in [9.17, 15) is 9.59 Å². The minimum Gasteiger partial charge on any atom is -0.357 e. The second-order valence-electron chi connectivity index (χ2n) is 7.77.